The third-order valence-corrected chi connectivity index (χ3v) is 13.2. The van der Waals surface area contributed by atoms with Crippen LogP contribution in [0.5, 0.6) is 0 Å². The Morgan fingerprint density at radius 2 is 0.783 bits per heavy atom. The maximum Gasteiger partial charge on any atom is 0.361 e. The first kappa shape index (κ1) is 66.8. The van der Waals surface area contributed by atoms with Gasteiger partial charge in [0, 0.05) is 12.8 Å². The molecule has 0 aromatic rings. The van der Waals surface area contributed by atoms with Crippen molar-refractivity contribution in [2.24, 2.45) is 0 Å². The molecule has 0 aliphatic carbocycles. The highest BCUT2D eigenvalue weighted by Crippen LogP contribution is 2.17. The molecule has 2 atom stereocenters. The minimum atomic E-state index is -1.50. The molecule has 0 aromatic carbocycles. The lowest BCUT2D eigenvalue weighted by atomic mass is 10.0. The number of ether oxygens (including phenoxy) is 4. The van der Waals surface area contributed by atoms with Crippen molar-refractivity contribution in [2.75, 3.05) is 47.5 Å². The van der Waals surface area contributed by atoms with E-state index in [2.05, 4.69) is 38.2 Å². The number of esters is 2. The van der Waals surface area contributed by atoms with Crippen molar-refractivity contribution in [1.82, 2.24) is 0 Å². The quantitative estimate of drug-likeness (QED) is 0.0211. The number of carboxylic acid groups (broad SMARTS) is 1. The first-order chi connectivity index (χ1) is 33.6. The summed E-state index contributed by atoms with van der Waals surface area (Å²) in [7, 11) is 5.97. The van der Waals surface area contributed by atoms with Crippen molar-refractivity contribution in [1.29, 1.82) is 0 Å². The van der Waals surface area contributed by atoms with Crippen molar-refractivity contribution < 1.29 is 42.9 Å². The number of likely N-dealkylation sites (N-methyl/N-ethyl adjacent to an activating group) is 1. The number of rotatable bonds is 55. The van der Waals surface area contributed by atoms with E-state index in [1.807, 2.05) is 21.1 Å². The Morgan fingerprint density at radius 1 is 0.435 bits per heavy atom. The Balaban J connectivity index is 3.92. The Bertz CT molecular complexity index is 1180. The number of allylic oxidation sites excluding steroid dienone is 4. The van der Waals surface area contributed by atoms with E-state index in [0.717, 1.165) is 44.9 Å². The zero-order valence-electron chi connectivity index (χ0n) is 46.2. The van der Waals surface area contributed by atoms with E-state index in [1.54, 1.807) is 0 Å². The summed E-state index contributed by atoms with van der Waals surface area (Å²) >= 11 is 0. The van der Waals surface area contributed by atoms with Crippen LogP contribution in [-0.2, 0) is 33.3 Å². The summed E-state index contributed by atoms with van der Waals surface area (Å²) in [6.07, 6.45) is 58.7. The van der Waals surface area contributed by atoms with E-state index in [9.17, 15) is 19.5 Å². The minimum absolute atomic E-state index is 0.176. The highest BCUT2D eigenvalue weighted by molar-refractivity contribution is 5.71. The Hall–Kier alpha value is -2.23. The first-order valence-electron chi connectivity index (χ1n) is 29.5. The van der Waals surface area contributed by atoms with E-state index in [1.165, 1.54) is 212 Å². The van der Waals surface area contributed by atoms with Crippen molar-refractivity contribution in [3.8, 4) is 0 Å². The van der Waals surface area contributed by atoms with Gasteiger partial charge in [-0.3, -0.25) is 9.59 Å². The number of hydrogen-bond acceptors (Lipinski definition) is 7. The molecular formula is C60H114NO8+. The Morgan fingerprint density at radius 3 is 1.14 bits per heavy atom. The third-order valence-electron chi connectivity index (χ3n) is 13.2. The SMILES string of the molecule is CCCCCCC/C=C\C/C=C\CCCCCCCCCCCCCCCCCCCCCCCCCC(=O)OC(COC(=O)CCCCCCCCCCC)COC(OCC[N+](C)(C)C)C(=O)O. The molecular weight excluding hydrogens is 863 g/mol. The van der Waals surface area contributed by atoms with Crippen LogP contribution in [0.4, 0.5) is 0 Å². The number of quaternary nitrogens is 1. The average Bonchev–Trinajstić information content (AvgIpc) is 3.31. The average molecular weight is 978 g/mol. The predicted molar refractivity (Wildman–Crippen MR) is 291 cm³/mol. The van der Waals surface area contributed by atoms with Crippen LogP contribution in [0.25, 0.3) is 0 Å². The summed E-state index contributed by atoms with van der Waals surface area (Å²) in [6, 6.07) is 0. The van der Waals surface area contributed by atoms with Gasteiger partial charge in [-0.25, -0.2) is 4.79 Å². The lowest BCUT2D eigenvalue weighted by molar-refractivity contribution is -0.870. The molecule has 69 heavy (non-hydrogen) atoms. The molecule has 0 heterocycles. The van der Waals surface area contributed by atoms with Crippen molar-refractivity contribution in [3.63, 3.8) is 0 Å². The van der Waals surface area contributed by atoms with Crippen LogP contribution >= 0.6 is 0 Å². The normalized spacial score (nSPS) is 12.9. The van der Waals surface area contributed by atoms with Crippen molar-refractivity contribution >= 4 is 17.9 Å². The Kier molecular flexibility index (Phi) is 50.4. The summed E-state index contributed by atoms with van der Waals surface area (Å²) in [6.45, 7) is 4.87. The number of hydrogen-bond donors (Lipinski definition) is 1. The van der Waals surface area contributed by atoms with Gasteiger partial charge >= 0.3 is 17.9 Å². The van der Waals surface area contributed by atoms with Gasteiger partial charge in [0.15, 0.2) is 6.10 Å². The first-order valence-corrected chi connectivity index (χ1v) is 29.5. The number of nitrogens with zero attached hydrogens (tertiary/aromatic N) is 1. The second kappa shape index (κ2) is 52.1. The lowest BCUT2D eigenvalue weighted by Gasteiger charge is -2.25. The molecule has 9 heteroatoms. The molecule has 0 saturated heterocycles. The fourth-order valence-corrected chi connectivity index (χ4v) is 8.63. The van der Waals surface area contributed by atoms with Crippen LogP contribution < -0.4 is 0 Å². The molecule has 0 spiro atoms. The number of carbonyl (C=O) groups excluding carboxylic acids is 2. The van der Waals surface area contributed by atoms with Crippen LogP contribution in [0.1, 0.15) is 284 Å². The molecule has 0 rings (SSSR count). The van der Waals surface area contributed by atoms with E-state index in [4.69, 9.17) is 18.9 Å². The number of unbranched alkanes of at least 4 members (excludes halogenated alkanes) is 36. The molecule has 0 bridgehead atoms. The van der Waals surface area contributed by atoms with Crippen LogP contribution in [0.2, 0.25) is 0 Å². The number of carbonyl (C=O) groups is 3. The molecule has 0 amide bonds. The van der Waals surface area contributed by atoms with Crippen LogP contribution in [0.3, 0.4) is 0 Å². The largest absolute Gasteiger partial charge is 0.477 e. The van der Waals surface area contributed by atoms with Gasteiger partial charge in [-0.15, -0.1) is 0 Å². The van der Waals surface area contributed by atoms with Gasteiger partial charge in [-0.05, 0) is 44.9 Å². The second-order valence-electron chi connectivity index (χ2n) is 21.3. The van der Waals surface area contributed by atoms with Gasteiger partial charge < -0.3 is 28.5 Å². The lowest BCUT2D eigenvalue weighted by Crippen LogP contribution is -2.40. The van der Waals surface area contributed by atoms with E-state index in [0.29, 0.717) is 17.4 Å². The maximum atomic E-state index is 12.8. The number of aliphatic carboxylic acids is 1. The molecule has 0 aromatic heterocycles. The van der Waals surface area contributed by atoms with Gasteiger partial charge in [0.2, 0.25) is 0 Å². The maximum absolute atomic E-state index is 12.8. The van der Waals surface area contributed by atoms with Crippen molar-refractivity contribution in [2.45, 2.75) is 296 Å². The van der Waals surface area contributed by atoms with Crippen LogP contribution in [0.15, 0.2) is 24.3 Å². The molecule has 1 N–H and O–H groups in total. The monoisotopic (exact) mass is 977 g/mol. The Labute approximate surface area is 427 Å². The topological polar surface area (TPSA) is 108 Å². The summed E-state index contributed by atoms with van der Waals surface area (Å²) in [5.74, 6) is -1.99. The second-order valence-corrected chi connectivity index (χ2v) is 21.3. The highest BCUT2D eigenvalue weighted by atomic mass is 16.7. The van der Waals surface area contributed by atoms with Gasteiger partial charge in [0.05, 0.1) is 34.4 Å². The number of carboxylic acids is 1. The van der Waals surface area contributed by atoms with E-state index < -0.39 is 18.4 Å². The highest BCUT2D eigenvalue weighted by Gasteiger charge is 2.25. The molecule has 0 aliphatic rings. The molecule has 0 fully saturated rings. The summed E-state index contributed by atoms with van der Waals surface area (Å²) in [5, 5.41) is 9.66. The molecule has 0 radical (unpaired) electrons. The molecule has 9 nitrogen and oxygen atoms in total. The van der Waals surface area contributed by atoms with E-state index in [-0.39, 0.29) is 38.2 Å². The zero-order valence-corrected chi connectivity index (χ0v) is 46.2. The molecule has 2 unspecified atom stereocenters. The zero-order chi connectivity index (χ0) is 50.6. The van der Waals surface area contributed by atoms with E-state index >= 15 is 0 Å². The predicted octanol–water partition coefficient (Wildman–Crippen LogP) is 17.1. The smallest absolute Gasteiger partial charge is 0.361 e. The van der Waals surface area contributed by atoms with Crippen molar-refractivity contribution in [3.05, 3.63) is 24.3 Å². The molecule has 406 valence electrons. The summed E-state index contributed by atoms with van der Waals surface area (Å²) in [5.41, 5.74) is 0. The fraction of sp³-hybridized carbons (Fsp3) is 0.883. The molecule has 0 aliphatic heterocycles. The minimum Gasteiger partial charge on any atom is -0.477 e. The third kappa shape index (κ3) is 53.4. The fourth-order valence-electron chi connectivity index (χ4n) is 8.63. The van der Waals surface area contributed by atoms with Gasteiger partial charge in [0.25, 0.3) is 6.29 Å². The molecule has 0 saturated carbocycles. The van der Waals surface area contributed by atoms with Gasteiger partial charge in [-0.2, -0.15) is 0 Å². The standard InChI is InChI=1S/C60H113NO8/c1-6-8-10-12-14-16-17-18-19-20-21-22-23-24-25-26-27-28-29-30-31-32-33-34-35-36-37-38-39-40-41-43-45-47-49-51-58(63)69-56(55-68-60(59(64)65)66-53-52-61(3,4)5)54-67-57(62)50-48-46-44-42-15-13-11-9-7-2/h17-18,20-21,56,60H,6-16,19,22-55H2,1-5H3/p+1/b18-17-,21-20-. The summed E-state index contributed by atoms with van der Waals surface area (Å²) < 4.78 is 22.8. The summed E-state index contributed by atoms with van der Waals surface area (Å²) in [4.78, 5) is 37.2. The van der Waals surface area contributed by atoms with Crippen LogP contribution in [-0.4, -0.2) is 87.4 Å². The van der Waals surface area contributed by atoms with Crippen LogP contribution in [0, 0.1) is 0 Å². The van der Waals surface area contributed by atoms with Gasteiger partial charge in [0.1, 0.15) is 13.2 Å². The van der Waals surface area contributed by atoms with Gasteiger partial charge in [-0.1, -0.05) is 250 Å².